The number of aromatic nitrogens is 4. The normalized spacial score (nSPS) is 14.7. The second kappa shape index (κ2) is 12.7. The fourth-order valence-corrected chi connectivity index (χ4v) is 5.13. The predicted octanol–water partition coefficient (Wildman–Crippen LogP) is 2.84. The maximum atomic E-state index is 13.7. The number of hydrogen-bond donors (Lipinski definition) is 4. The molecule has 0 unspecified atom stereocenters. The zero-order chi connectivity index (χ0) is 29.7. The molecular formula is C28H35N7O6. The van der Waals surface area contributed by atoms with Crippen molar-refractivity contribution < 1.29 is 23.8 Å². The minimum absolute atomic E-state index is 0.0319. The van der Waals surface area contributed by atoms with E-state index in [4.69, 9.17) is 14.2 Å². The summed E-state index contributed by atoms with van der Waals surface area (Å²) in [6, 6.07) is 5.63. The van der Waals surface area contributed by atoms with Crippen molar-refractivity contribution in [2.45, 2.75) is 52.1 Å². The molecule has 0 fully saturated rings. The Morgan fingerprint density at radius 2 is 1.85 bits per heavy atom. The highest BCUT2D eigenvalue weighted by atomic mass is 16.5. The van der Waals surface area contributed by atoms with Crippen LogP contribution in [-0.4, -0.2) is 59.8 Å². The number of carbonyl (C=O) groups excluding carboxylic acids is 2. The smallest absolute Gasteiger partial charge is 0.269 e. The first kappa shape index (κ1) is 29.3. The van der Waals surface area contributed by atoms with Gasteiger partial charge in [0, 0.05) is 12.5 Å². The first-order valence-corrected chi connectivity index (χ1v) is 13.2. The third kappa shape index (κ3) is 6.39. The van der Waals surface area contributed by atoms with E-state index >= 15 is 0 Å². The zero-order valence-corrected chi connectivity index (χ0v) is 24.0. The highest BCUT2D eigenvalue weighted by molar-refractivity contribution is 5.95. The molecule has 1 aliphatic carbocycles. The van der Waals surface area contributed by atoms with E-state index in [0.717, 1.165) is 11.1 Å². The number of H-pyrrole nitrogens is 1. The number of aromatic amines is 1. The van der Waals surface area contributed by atoms with Crippen molar-refractivity contribution in [2.75, 3.05) is 32.0 Å². The number of anilines is 2. The highest BCUT2D eigenvalue weighted by Gasteiger charge is 2.30. The summed E-state index contributed by atoms with van der Waals surface area (Å²) < 4.78 is 17.0. The summed E-state index contributed by atoms with van der Waals surface area (Å²) in [7, 11) is 4.63. The number of hydrogen-bond acceptors (Lipinski definition) is 10. The first-order valence-electron chi connectivity index (χ1n) is 13.2. The van der Waals surface area contributed by atoms with Crippen molar-refractivity contribution in [1.29, 1.82) is 0 Å². The number of ether oxygens (including phenoxy) is 3. The number of nitrogens with one attached hydrogen (secondary N) is 4. The van der Waals surface area contributed by atoms with Crippen LogP contribution in [0, 0.1) is 5.92 Å². The second-order valence-corrected chi connectivity index (χ2v) is 10.1. The summed E-state index contributed by atoms with van der Waals surface area (Å²) in [5.41, 5.74) is 2.84. The number of methoxy groups -OCH3 is 3. The molecule has 1 heterocycles. The molecule has 2 atom stereocenters. The molecule has 3 aromatic rings. The quantitative estimate of drug-likeness (QED) is 0.287. The molecule has 2 amide bonds. The third-order valence-electron chi connectivity index (χ3n) is 6.85. The van der Waals surface area contributed by atoms with Crippen LogP contribution >= 0.6 is 0 Å². The van der Waals surface area contributed by atoms with Gasteiger partial charge in [-0.3, -0.25) is 19.7 Å². The molecule has 13 heteroatoms. The van der Waals surface area contributed by atoms with Crippen molar-refractivity contribution in [3.05, 3.63) is 45.6 Å². The molecule has 0 bridgehead atoms. The number of aryl methyl sites for hydroxylation is 1. The lowest BCUT2D eigenvalue weighted by molar-refractivity contribution is -0.120. The first-order chi connectivity index (χ1) is 19.7. The maximum Gasteiger partial charge on any atom is 0.269 e. The van der Waals surface area contributed by atoms with Crippen LogP contribution in [0.1, 0.15) is 50.8 Å². The summed E-state index contributed by atoms with van der Waals surface area (Å²) >= 11 is 0. The number of amides is 2. The largest absolute Gasteiger partial charge is 0.493 e. The van der Waals surface area contributed by atoms with Crippen molar-refractivity contribution in [3.63, 3.8) is 0 Å². The second-order valence-electron chi connectivity index (χ2n) is 10.1. The third-order valence-corrected chi connectivity index (χ3v) is 6.85. The Morgan fingerprint density at radius 3 is 2.46 bits per heavy atom. The van der Waals surface area contributed by atoms with E-state index in [0.29, 0.717) is 47.6 Å². The molecule has 13 nitrogen and oxygen atoms in total. The molecule has 0 saturated heterocycles. The number of benzene rings is 1. The van der Waals surface area contributed by atoms with Crippen molar-refractivity contribution in [3.8, 4) is 28.4 Å². The SMILES string of the molecule is COc1cc2c(c(OC)c1OC)-c1ccc(N[C@H](CC(C)C)C(=O)Nc3nn[nH]n3)c(=O)cc1[C@H](NC(C)=O)CC2. The minimum Gasteiger partial charge on any atom is -0.493 e. The van der Waals surface area contributed by atoms with Crippen LogP contribution in [0.5, 0.6) is 17.2 Å². The highest BCUT2D eigenvalue weighted by Crippen LogP contribution is 2.50. The number of carbonyl (C=O) groups is 2. The minimum atomic E-state index is -0.763. The summed E-state index contributed by atoms with van der Waals surface area (Å²) in [4.78, 5) is 39.0. The molecule has 1 aromatic heterocycles. The molecule has 218 valence electrons. The van der Waals surface area contributed by atoms with E-state index in [2.05, 4.69) is 36.6 Å². The fraction of sp³-hybridized carbons (Fsp3) is 0.429. The van der Waals surface area contributed by atoms with E-state index in [9.17, 15) is 14.4 Å². The van der Waals surface area contributed by atoms with Crippen LogP contribution in [-0.2, 0) is 16.0 Å². The standard InChI is InChI=1S/C28H35N7O6/c1-14(2)11-21(27(38)31-28-32-34-35-33-28)30-20-10-8-17-18(13-22(20)37)19(29-15(3)36)9-7-16-12-23(39-4)25(40-5)26(41-6)24(16)17/h8,10,12-14,19,21H,7,9,11H2,1-6H3,(H,29,36)(H,30,37)(H2,31,32,33,34,35,38)/t19-,21-/m1/s1. The molecule has 4 N–H and O–H groups in total. The Bertz CT molecular complexity index is 1480. The van der Waals surface area contributed by atoms with Gasteiger partial charge in [-0.1, -0.05) is 25.0 Å². The van der Waals surface area contributed by atoms with Crippen LogP contribution < -0.4 is 35.6 Å². The number of nitrogens with zero attached hydrogens (tertiary/aromatic N) is 3. The Labute approximate surface area is 237 Å². The van der Waals surface area contributed by atoms with Crippen molar-refractivity contribution >= 4 is 23.5 Å². The predicted molar refractivity (Wildman–Crippen MR) is 152 cm³/mol. The van der Waals surface area contributed by atoms with Gasteiger partial charge in [0.05, 0.1) is 33.1 Å². The molecule has 0 spiro atoms. The molecule has 4 rings (SSSR count). The molecule has 1 aliphatic rings. The summed E-state index contributed by atoms with van der Waals surface area (Å²) in [6.07, 6.45) is 1.55. The Hall–Kier alpha value is -4.68. The van der Waals surface area contributed by atoms with Crippen LogP contribution in [0.3, 0.4) is 0 Å². The van der Waals surface area contributed by atoms with Gasteiger partial charge in [0.15, 0.2) is 11.5 Å². The van der Waals surface area contributed by atoms with E-state index in [1.165, 1.54) is 20.1 Å². The summed E-state index contributed by atoms with van der Waals surface area (Å²) in [6.45, 7) is 5.40. The van der Waals surface area contributed by atoms with E-state index in [1.807, 2.05) is 19.9 Å². The van der Waals surface area contributed by atoms with Crippen LogP contribution in [0.15, 0.2) is 29.1 Å². The number of rotatable bonds is 10. The van der Waals surface area contributed by atoms with Crippen LogP contribution in [0.2, 0.25) is 0 Å². The topological polar surface area (TPSA) is 169 Å². The lowest BCUT2D eigenvalue weighted by atomic mass is 9.95. The number of fused-ring (bicyclic) bond motifs is 3. The van der Waals surface area contributed by atoms with Gasteiger partial charge in [-0.05, 0) is 65.3 Å². The molecule has 0 radical (unpaired) electrons. The van der Waals surface area contributed by atoms with E-state index < -0.39 is 18.0 Å². The molecule has 41 heavy (non-hydrogen) atoms. The van der Waals surface area contributed by atoms with Gasteiger partial charge < -0.3 is 24.8 Å². The lowest BCUT2D eigenvalue weighted by Crippen LogP contribution is -2.37. The van der Waals surface area contributed by atoms with Gasteiger partial charge in [-0.15, -0.1) is 5.10 Å². The van der Waals surface area contributed by atoms with Crippen molar-refractivity contribution in [2.24, 2.45) is 5.92 Å². The van der Waals surface area contributed by atoms with Crippen molar-refractivity contribution in [1.82, 2.24) is 25.9 Å². The van der Waals surface area contributed by atoms with Gasteiger partial charge in [-0.25, -0.2) is 0 Å². The van der Waals surface area contributed by atoms with Gasteiger partial charge in [0.25, 0.3) is 5.95 Å². The van der Waals surface area contributed by atoms with Crippen LogP contribution in [0.4, 0.5) is 11.6 Å². The Balaban J connectivity index is 1.87. The van der Waals surface area contributed by atoms with E-state index in [-0.39, 0.29) is 28.9 Å². The average Bonchev–Trinajstić information content (AvgIpc) is 3.34. The Kier molecular flexibility index (Phi) is 9.05. The van der Waals surface area contributed by atoms with Gasteiger partial charge >= 0.3 is 0 Å². The summed E-state index contributed by atoms with van der Waals surface area (Å²) in [5, 5.41) is 22.0. The van der Waals surface area contributed by atoms with Gasteiger partial charge in [0.1, 0.15) is 6.04 Å². The number of tetrazole rings is 1. The molecule has 0 aliphatic heterocycles. The van der Waals surface area contributed by atoms with Crippen LogP contribution in [0.25, 0.3) is 11.1 Å². The van der Waals surface area contributed by atoms with E-state index in [1.54, 1.807) is 26.4 Å². The molecular weight excluding hydrogens is 530 g/mol. The zero-order valence-electron chi connectivity index (χ0n) is 24.0. The Morgan fingerprint density at radius 1 is 1.10 bits per heavy atom. The van der Waals surface area contributed by atoms with Gasteiger partial charge in [-0.2, -0.15) is 5.21 Å². The molecule has 0 saturated carbocycles. The monoisotopic (exact) mass is 565 g/mol. The maximum absolute atomic E-state index is 13.7. The fourth-order valence-electron chi connectivity index (χ4n) is 5.13. The van der Waals surface area contributed by atoms with Gasteiger partial charge in [0.2, 0.25) is 23.0 Å². The summed E-state index contributed by atoms with van der Waals surface area (Å²) in [5.74, 6) is 0.921. The lowest BCUT2D eigenvalue weighted by Gasteiger charge is -2.19. The molecule has 2 aromatic carbocycles. The average molecular weight is 566 g/mol.